The number of rotatable bonds is 6. The second kappa shape index (κ2) is 8.80. The van der Waals surface area contributed by atoms with E-state index in [1.807, 2.05) is 30.0 Å². The Labute approximate surface area is 184 Å². The van der Waals surface area contributed by atoms with E-state index in [4.69, 9.17) is 4.74 Å². The van der Waals surface area contributed by atoms with E-state index in [2.05, 4.69) is 17.0 Å². The van der Waals surface area contributed by atoms with Gasteiger partial charge in [0.15, 0.2) is 19.7 Å². The van der Waals surface area contributed by atoms with Crippen LogP contribution in [0.2, 0.25) is 0 Å². The van der Waals surface area contributed by atoms with E-state index in [9.17, 15) is 16.8 Å². The van der Waals surface area contributed by atoms with Crippen LogP contribution in [0.25, 0.3) is 0 Å². The molecule has 2 aliphatic heterocycles. The molecular weight excluding hydrogens is 436 g/mol. The van der Waals surface area contributed by atoms with E-state index in [1.54, 1.807) is 12.1 Å². The number of hydrogen-bond donors (Lipinski definition) is 0. The van der Waals surface area contributed by atoms with Crippen LogP contribution in [-0.4, -0.2) is 77.3 Å². The Morgan fingerprint density at radius 1 is 0.935 bits per heavy atom. The van der Waals surface area contributed by atoms with Gasteiger partial charge in [0.05, 0.1) is 28.3 Å². The summed E-state index contributed by atoms with van der Waals surface area (Å²) in [5.41, 5.74) is 1.12. The highest BCUT2D eigenvalue weighted by Crippen LogP contribution is 2.31. The number of piperazine rings is 1. The molecule has 2 aliphatic rings. The number of nitrogens with zero attached hydrogens (tertiary/aromatic N) is 2. The van der Waals surface area contributed by atoms with Crippen LogP contribution in [0, 0.1) is 0 Å². The summed E-state index contributed by atoms with van der Waals surface area (Å²) in [5.74, 6) is 0.153. The molecule has 7 nitrogen and oxygen atoms in total. The summed E-state index contributed by atoms with van der Waals surface area (Å²) in [4.78, 5) is 4.43. The zero-order valence-corrected chi connectivity index (χ0v) is 19.2. The predicted octanol–water partition coefficient (Wildman–Crippen LogP) is 1.85. The third-order valence-corrected chi connectivity index (χ3v) is 10.2. The normalized spacial score (nSPS) is 24.2. The molecule has 9 heteroatoms. The zero-order valence-electron chi connectivity index (χ0n) is 17.6. The molecule has 2 fully saturated rings. The highest BCUT2D eigenvalue weighted by molar-refractivity contribution is 7.96. The number of anilines is 1. The Morgan fingerprint density at radius 3 is 2.19 bits per heavy atom. The average molecular weight is 465 g/mol. The van der Waals surface area contributed by atoms with Crippen molar-refractivity contribution in [2.24, 2.45) is 0 Å². The van der Waals surface area contributed by atoms with E-state index in [1.165, 1.54) is 12.1 Å². The molecule has 2 atom stereocenters. The van der Waals surface area contributed by atoms with E-state index in [0.29, 0.717) is 25.4 Å². The van der Waals surface area contributed by atoms with E-state index in [0.717, 1.165) is 18.8 Å². The summed E-state index contributed by atoms with van der Waals surface area (Å²) in [5, 5.41) is -0.960. The highest BCUT2D eigenvalue weighted by Gasteiger charge is 2.48. The van der Waals surface area contributed by atoms with Crippen LogP contribution in [-0.2, 0) is 19.7 Å². The van der Waals surface area contributed by atoms with Crippen molar-refractivity contribution in [3.05, 3.63) is 54.6 Å². The molecule has 2 aromatic carbocycles. The molecule has 2 saturated heterocycles. The van der Waals surface area contributed by atoms with Crippen molar-refractivity contribution in [1.29, 1.82) is 0 Å². The molecule has 0 amide bonds. The number of ether oxygens (including phenoxy) is 1. The first kappa shape index (κ1) is 22.1. The van der Waals surface area contributed by atoms with Gasteiger partial charge < -0.3 is 9.64 Å². The number of sulfone groups is 2. The molecule has 0 N–H and O–H groups in total. The van der Waals surface area contributed by atoms with Crippen molar-refractivity contribution < 1.29 is 21.6 Å². The summed E-state index contributed by atoms with van der Waals surface area (Å²) >= 11 is 0. The minimum Gasteiger partial charge on any atom is -0.494 e. The maximum atomic E-state index is 13.4. The number of para-hydroxylation sites is 1. The SMILES string of the molecule is CCOc1ccc(S(=O)(=O)[C@@H]2CS(=O)(=O)C[C@H]2N2CCN(c3ccccc3)CC2)cc1. The molecule has 0 spiro atoms. The fourth-order valence-corrected chi connectivity index (χ4v) is 9.28. The van der Waals surface area contributed by atoms with Crippen molar-refractivity contribution in [3.8, 4) is 5.75 Å². The van der Waals surface area contributed by atoms with Crippen molar-refractivity contribution in [1.82, 2.24) is 4.90 Å². The van der Waals surface area contributed by atoms with Gasteiger partial charge in [-0.25, -0.2) is 16.8 Å². The summed E-state index contributed by atoms with van der Waals surface area (Å²) in [6.07, 6.45) is 0. The molecule has 2 aromatic rings. The van der Waals surface area contributed by atoms with Crippen LogP contribution in [0.15, 0.2) is 59.5 Å². The molecule has 0 bridgehead atoms. The molecule has 0 unspecified atom stereocenters. The van der Waals surface area contributed by atoms with E-state index < -0.39 is 31.0 Å². The van der Waals surface area contributed by atoms with Crippen molar-refractivity contribution in [2.75, 3.05) is 49.2 Å². The largest absolute Gasteiger partial charge is 0.494 e. The lowest BCUT2D eigenvalue weighted by molar-refractivity contribution is 0.201. The topological polar surface area (TPSA) is 84.0 Å². The Morgan fingerprint density at radius 2 is 1.58 bits per heavy atom. The second-order valence-electron chi connectivity index (χ2n) is 7.99. The van der Waals surface area contributed by atoms with Gasteiger partial charge in [0.2, 0.25) is 0 Å². The van der Waals surface area contributed by atoms with E-state index in [-0.39, 0.29) is 16.4 Å². The monoisotopic (exact) mass is 464 g/mol. The molecule has 0 radical (unpaired) electrons. The minimum atomic E-state index is -3.80. The summed E-state index contributed by atoms with van der Waals surface area (Å²) < 4.78 is 57.1. The lowest BCUT2D eigenvalue weighted by Gasteiger charge is -2.40. The van der Waals surface area contributed by atoms with Gasteiger partial charge in [0.25, 0.3) is 0 Å². The molecule has 0 aromatic heterocycles. The molecule has 0 aliphatic carbocycles. The molecule has 0 saturated carbocycles. The molecule has 2 heterocycles. The van der Waals surface area contributed by atoms with Gasteiger partial charge in [-0.1, -0.05) is 18.2 Å². The lowest BCUT2D eigenvalue weighted by atomic mass is 10.1. The molecular formula is C22H28N2O5S2. The third-order valence-electron chi connectivity index (χ3n) is 6.04. The zero-order chi connectivity index (χ0) is 22.1. The quantitative estimate of drug-likeness (QED) is 0.645. The van der Waals surface area contributed by atoms with Gasteiger partial charge in [-0.05, 0) is 43.3 Å². The van der Waals surface area contributed by atoms with Crippen LogP contribution in [0.3, 0.4) is 0 Å². The predicted molar refractivity (Wildman–Crippen MR) is 121 cm³/mol. The highest BCUT2D eigenvalue weighted by atomic mass is 32.2. The van der Waals surface area contributed by atoms with Gasteiger partial charge in [-0.15, -0.1) is 0 Å². The fraction of sp³-hybridized carbons (Fsp3) is 0.455. The first-order chi connectivity index (χ1) is 14.8. The van der Waals surface area contributed by atoms with Gasteiger partial charge in [-0.2, -0.15) is 0 Å². The second-order valence-corrected chi connectivity index (χ2v) is 12.3. The van der Waals surface area contributed by atoms with Crippen molar-refractivity contribution >= 4 is 25.4 Å². The minimum absolute atomic E-state index is 0.112. The van der Waals surface area contributed by atoms with Gasteiger partial charge >= 0.3 is 0 Å². The average Bonchev–Trinajstić information content (AvgIpc) is 3.11. The van der Waals surface area contributed by atoms with Gasteiger partial charge in [0.1, 0.15) is 5.75 Å². The lowest BCUT2D eigenvalue weighted by Crippen LogP contribution is -2.55. The smallest absolute Gasteiger partial charge is 0.183 e. The number of hydrogen-bond acceptors (Lipinski definition) is 7. The molecule has 31 heavy (non-hydrogen) atoms. The van der Waals surface area contributed by atoms with Crippen LogP contribution < -0.4 is 9.64 Å². The first-order valence-corrected chi connectivity index (χ1v) is 13.9. The van der Waals surface area contributed by atoms with Crippen LogP contribution in [0.5, 0.6) is 5.75 Å². The number of benzene rings is 2. The van der Waals surface area contributed by atoms with Crippen molar-refractivity contribution in [2.45, 2.75) is 23.1 Å². The van der Waals surface area contributed by atoms with Gasteiger partial charge in [0, 0.05) is 37.9 Å². The maximum Gasteiger partial charge on any atom is 0.183 e. The van der Waals surface area contributed by atoms with Gasteiger partial charge in [-0.3, -0.25) is 4.90 Å². The fourth-order valence-electron chi connectivity index (χ4n) is 4.45. The van der Waals surface area contributed by atoms with Crippen molar-refractivity contribution in [3.63, 3.8) is 0 Å². The first-order valence-electron chi connectivity index (χ1n) is 10.5. The van der Waals surface area contributed by atoms with E-state index >= 15 is 0 Å². The standard InChI is InChI=1S/C22H28N2O5S2/c1-2-29-19-8-10-20(11-9-19)31(27,28)22-17-30(25,26)16-21(22)24-14-12-23(13-15-24)18-6-4-3-5-7-18/h3-11,21-22H,2,12-17H2,1H3/t21-,22-/m1/s1. The Hall–Kier alpha value is -2.10. The van der Waals surface area contributed by atoms with Crippen LogP contribution in [0.4, 0.5) is 5.69 Å². The molecule has 4 rings (SSSR count). The summed E-state index contributed by atoms with van der Waals surface area (Å²) in [7, 11) is -7.22. The van der Waals surface area contributed by atoms with Crippen LogP contribution in [0.1, 0.15) is 6.92 Å². The Kier molecular flexibility index (Phi) is 6.27. The Balaban J connectivity index is 1.53. The molecule has 168 valence electrons. The Bertz CT molecular complexity index is 1090. The summed E-state index contributed by atoms with van der Waals surface area (Å²) in [6, 6.07) is 15.8. The summed E-state index contributed by atoms with van der Waals surface area (Å²) in [6.45, 7) is 5.07. The third kappa shape index (κ3) is 4.73. The maximum absolute atomic E-state index is 13.4. The van der Waals surface area contributed by atoms with Crippen LogP contribution >= 0.6 is 0 Å².